The largest absolute Gasteiger partial charge is 0.0876 e. The Morgan fingerprint density at radius 2 is 1.29 bits per heavy atom. The summed E-state index contributed by atoms with van der Waals surface area (Å²) in [6.45, 7) is 7.44. The third kappa shape index (κ3) is 8.82. The van der Waals surface area contributed by atoms with E-state index >= 15 is 0 Å². The lowest BCUT2D eigenvalue weighted by Crippen LogP contribution is -2.42. The molecule has 0 spiro atoms. The van der Waals surface area contributed by atoms with Gasteiger partial charge in [-0.05, 0) is 22.3 Å². The van der Waals surface area contributed by atoms with E-state index in [-0.39, 0.29) is 0 Å². The average molecular weight is 567 g/mol. The minimum atomic E-state index is -1.49. The Bertz CT molecular complexity index is 769. The molecule has 31 heavy (non-hydrogen) atoms. The first-order valence-corrected chi connectivity index (χ1v) is 17.8. The molecule has 0 atom stereocenters. The zero-order chi connectivity index (χ0) is 22.5. The van der Waals surface area contributed by atoms with Crippen LogP contribution >= 0.6 is 31.9 Å². The molecule has 0 heterocycles. The predicted octanol–water partition coefficient (Wildman–Crippen LogP) is 9.98. The Balaban J connectivity index is 1.96. The smallest absolute Gasteiger partial charge is 0.0814 e. The summed E-state index contributed by atoms with van der Waals surface area (Å²) in [5.74, 6) is 0. The van der Waals surface area contributed by atoms with Crippen LogP contribution < -0.4 is 5.19 Å². The van der Waals surface area contributed by atoms with Gasteiger partial charge in [0.1, 0.15) is 0 Å². The molecule has 2 aromatic rings. The molecule has 0 aliphatic heterocycles. The van der Waals surface area contributed by atoms with Crippen molar-refractivity contribution >= 4 is 45.1 Å². The van der Waals surface area contributed by atoms with Crippen molar-refractivity contribution in [2.24, 2.45) is 0 Å². The predicted molar refractivity (Wildman–Crippen MR) is 151 cm³/mol. The van der Waals surface area contributed by atoms with E-state index < -0.39 is 8.07 Å². The number of hydrogen-bond donors (Lipinski definition) is 0. The van der Waals surface area contributed by atoms with Crippen LogP contribution in [0.2, 0.25) is 19.1 Å². The zero-order valence-corrected chi connectivity index (χ0v) is 24.2. The molecule has 0 aromatic heterocycles. The van der Waals surface area contributed by atoms with E-state index in [1.54, 1.807) is 5.19 Å². The Morgan fingerprint density at radius 3 is 1.90 bits per heavy atom. The van der Waals surface area contributed by atoms with Crippen molar-refractivity contribution in [2.75, 3.05) is 0 Å². The summed E-state index contributed by atoms with van der Waals surface area (Å²) in [7, 11) is -1.49. The lowest BCUT2D eigenvalue weighted by molar-refractivity contribution is 0.561. The quantitative estimate of drug-likeness (QED) is 0.114. The molecule has 0 unspecified atom stereocenters. The number of alkyl halides is 2. The van der Waals surface area contributed by atoms with E-state index in [9.17, 15) is 0 Å². The van der Waals surface area contributed by atoms with E-state index in [0.29, 0.717) is 0 Å². The number of halogens is 2. The molecule has 0 saturated heterocycles. The summed E-state index contributed by atoms with van der Waals surface area (Å²) in [6, 6.07) is 17.5. The summed E-state index contributed by atoms with van der Waals surface area (Å²) in [4.78, 5) is 0. The van der Waals surface area contributed by atoms with Crippen molar-refractivity contribution in [3.63, 3.8) is 0 Å². The van der Waals surface area contributed by atoms with Gasteiger partial charge in [-0.1, -0.05) is 170 Å². The molecule has 0 nitrogen and oxygen atoms in total. The molecule has 0 saturated carbocycles. The van der Waals surface area contributed by atoms with Crippen molar-refractivity contribution in [3.05, 3.63) is 53.6 Å². The number of benzene rings is 2. The van der Waals surface area contributed by atoms with Gasteiger partial charge in [0.2, 0.25) is 0 Å². The van der Waals surface area contributed by atoms with Gasteiger partial charge in [0.15, 0.2) is 0 Å². The summed E-state index contributed by atoms with van der Waals surface area (Å²) >= 11 is 7.36. The maximum Gasteiger partial charge on any atom is 0.0814 e. The fourth-order valence-electron chi connectivity index (χ4n) is 4.57. The van der Waals surface area contributed by atoms with Gasteiger partial charge in [0.25, 0.3) is 0 Å². The highest BCUT2D eigenvalue weighted by molar-refractivity contribution is 9.08. The van der Waals surface area contributed by atoms with E-state index in [1.807, 2.05) is 0 Å². The monoisotopic (exact) mass is 564 g/mol. The molecule has 172 valence electrons. The van der Waals surface area contributed by atoms with Gasteiger partial charge >= 0.3 is 0 Å². The highest BCUT2D eigenvalue weighted by Gasteiger charge is 2.26. The summed E-state index contributed by atoms with van der Waals surface area (Å²) < 4.78 is 0. The molecule has 0 fully saturated rings. The average Bonchev–Trinajstić information content (AvgIpc) is 2.79. The van der Waals surface area contributed by atoms with E-state index in [2.05, 4.69) is 94.3 Å². The fourth-order valence-corrected chi connectivity index (χ4v) is 8.31. The molecule has 0 amide bonds. The van der Waals surface area contributed by atoms with Gasteiger partial charge in [-0.25, -0.2) is 0 Å². The van der Waals surface area contributed by atoms with Gasteiger partial charge in [0.05, 0.1) is 8.07 Å². The second kappa shape index (κ2) is 14.7. The Hall–Kier alpha value is -0.383. The van der Waals surface area contributed by atoms with Gasteiger partial charge < -0.3 is 0 Å². The van der Waals surface area contributed by atoms with Crippen molar-refractivity contribution in [2.45, 2.75) is 101 Å². The molecule has 0 aliphatic rings. The number of rotatable bonds is 15. The van der Waals surface area contributed by atoms with Crippen LogP contribution in [0.4, 0.5) is 0 Å². The van der Waals surface area contributed by atoms with Crippen molar-refractivity contribution < 1.29 is 0 Å². The van der Waals surface area contributed by atoms with Gasteiger partial charge in [-0.3, -0.25) is 0 Å². The summed E-state index contributed by atoms with van der Waals surface area (Å²) in [5, 5.41) is 3.43. The van der Waals surface area contributed by atoms with Gasteiger partial charge in [-0.15, -0.1) is 0 Å². The lowest BCUT2D eigenvalue weighted by atomic mass is 9.98. The SMILES string of the molecule is CCCCCCCCCCCC[Si](C)(C)c1ccccc1-c1cc(CBr)ccc1CBr. The first-order valence-electron chi connectivity index (χ1n) is 12.4. The van der Waals surface area contributed by atoms with Crippen LogP contribution in [0.5, 0.6) is 0 Å². The second-order valence-corrected chi connectivity index (χ2v) is 15.5. The third-order valence-electron chi connectivity index (χ3n) is 6.57. The van der Waals surface area contributed by atoms with E-state index in [1.165, 1.54) is 92.5 Å². The first-order chi connectivity index (χ1) is 15.0. The highest BCUT2D eigenvalue weighted by Crippen LogP contribution is 2.29. The van der Waals surface area contributed by atoms with Crippen molar-refractivity contribution in [1.82, 2.24) is 0 Å². The van der Waals surface area contributed by atoms with Crippen LogP contribution in [0, 0.1) is 0 Å². The highest BCUT2D eigenvalue weighted by atomic mass is 79.9. The Kier molecular flexibility index (Phi) is 12.7. The molecule has 0 radical (unpaired) electrons. The summed E-state index contributed by atoms with van der Waals surface area (Å²) in [6.07, 6.45) is 14.2. The minimum Gasteiger partial charge on any atom is -0.0876 e. The Morgan fingerprint density at radius 1 is 0.677 bits per heavy atom. The first kappa shape index (κ1) is 26.9. The van der Waals surface area contributed by atoms with Crippen LogP contribution in [0.1, 0.15) is 82.3 Å². The van der Waals surface area contributed by atoms with E-state index in [4.69, 9.17) is 0 Å². The maximum atomic E-state index is 3.72. The standard InChI is InChI=1S/C28H42Br2Si/c1-4-5-6-7-8-9-10-11-12-15-20-31(2,3)28-17-14-13-16-26(28)27-21-24(22-29)18-19-25(27)23-30/h13-14,16-19,21H,4-12,15,20,22-23H2,1-3H3. The maximum absolute atomic E-state index is 3.72. The summed E-state index contributed by atoms with van der Waals surface area (Å²) in [5.41, 5.74) is 5.61. The minimum absolute atomic E-state index is 0.902. The molecule has 0 N–H and O–H groups in total. The molecule has 3 heteroatoms. The van der Waals surface area contributed by atoms with Crippen LogP contribution in [-0.4, -0.2) is 8.07 Å². The molecular weight excluding hydrogens is 524 g/mol. The van der Waals surface area contributed by atoms with E-state index in [0.717, 1.165) is 10.7 Å². The van der Waals surface area contributed by atoms with Crippen molar-refractivity contribution in [1.29, 1.82) is 0 Å². The fraction of sp³-hybridized carbons (Fsp3) is 0.571. The number of hydrogen-bond acceptors (Lipinski definition) is 0. The third-order valence-corrected chi connectivity index (χ3v) is 11.3. The normalized spacial score (nSPS) is 11.8. The Labute approximate surface area is 209 Å². The van der Waals surface area contributed by atoms with Crippen LogP contribution in [0.3, 0.4) is 0 Å². The second-order valence-electron chi connectivity index (χ2n) is 9.62. The molecule has 2 rings (SSSR count). The number of unbranched alkanes of at least 4 members (excludes halogenated alkanes) is 9. The molecular formula is C28H42Br2Si. The van der Waals surface area contributed by atoms with Gasteiger partial charge in [0, 0.05) is 10.7 Å². The topological polar surface area (TPSA) is 0 Å². The van der Waals surface area contributed by atoms with Gasteiger partial charge in [-0.2, -0.15) is 0 Å². The molecule has 2 aromatic carbocycles. The lowest BCUT2D eigenvalue weighted by Gasteiger charge is -2.27. The molecule has 0 bridgehead atoms. The molecule has 0 aliphatic carbocycles. The van der Waals surface area contributed by atoms with Crippen LogP contribution in [-0.2, 0) is 10.7 Å². The van der Waals surface area contributed by atoms with Crippen LogP contribution in [0.15, 0.2) is 42.5 Å². The van der Waals surface area contributed by atoms with Crippen LogP contribution in [0.25, 0.3) is 11.1 Å². The zero-order valence-electron chi connectivity index (χ0n) is 20.0. The van der Waals surface area contributed by atoms with Crippen molar-refractivity contribution in [3.8, 4) is 11.1 Å².